The highest BCUT2D eigenvalue weighted by Gasteiger charge is 2.45. The monoisotopic (exact) mass is 212 g/mol. The molecule has 2 unspecified atom stereocenters. The summed E-state index contributed by atoms with van der Waals surface area (Å²) in [6.07, 6.45) is 4.40. The van der Waals surface area contributed by atoms with E-state index in [0.29, 0.717) is 11.3 Å². The second kappa shape index (κ2) is 3.76. The molecule has 0 aromatic carbocycles. The molecule has 0 aliphatic heterocycles. The molecule has 1 heteroatoms. The minimum atomic E-state index is -0.455. The predicted octanol–water partition coefficient (Wildman–Crippen LogP) is 4.00. The molecule has 15 heavy (non-hydrogen) atoms. The Morgan fingerprint density at radius 1 is 1.07 bits per heavy atom. The zero-order valence-corrected chi connectivity index (χ0v) is 11.4. The van der Waals surface area contributed by atoms with Crippen LogP contribution in [0.1, 0.15) is 67.2 Å². The highest BCUT2D eigenvalue weighted by atomic mass is 16.3. The van der Waals surface area contributed by atoms with Gasteiger partial charge in [-0.1, -0.05) is 48.0 Å². The van der Waals surface area contributed by atoms with E-state index in [1.54, 1.807) is 0 Å². The van der Waals surface area contributed by atoms with Crippen molar-refractivity contribution >= 4 is 0 Å². The van der Waals surface area contributed by atoms with Crippen molar-refractivity contribution in [2.75, 3.05) is 0 Å². The SMILES string of the molecule is CC(C)(C)C1CCCC(O)(C(C)(C)C)C1. The van der Waals surface area contributed by atoms with Gasteiger partial charge in [0.05, 0.1) is 5.60 Å². The molecule has 0 aromatic rings. The first kappa shape index (κ1) is 13.0. The van der Waals surface area contributed by atoms with Crippen molar-refractivity contribution < 1.29 is 5.11 Å². The van der Waals surface area contributed by atoms with Crippen LogP contribution in [0.2, 0.25) is 0 Å². The highest BCUT2D eigenvalue weighted by molar-refractivity contribution is 4.97. The lowest BCUT2D eigenvalue weighted by molar-refractivity contribution is -0.111. The summed E-state index contributed by atoms with van der Waals surface area (Å²) in [5, 5.41) is 10.7. The summed E-state index contributed by atoms with van der Waals surface area (Å²) in [5.74, 6) is 0.662. The maximum Gasteiger partial charge on any atom is 0.0698 e. The fourth-order valence-electron chi connectivity index (χ4n) is 2.67. The minimum Gasteiger partial charge on any atom is -0.389 e. The van der Waals surface area contributed by atoms with Crippen molar-refractivity contribution in [3.63, 3.8) is 0 Å². The number of aliphatic hydroxyl groups is 1. The van der Waals surface area contributed by atoms with E-state index in [1.807, 2.05) is 0 Å². The van der Waals surface area contributed by atoms with Crippen molar-refractivity contribution in [1.29, 1.82) is 0 Å². The van der Waals surface area contributed by atoms with Crippen LogP contribution in [0.15, 0.2) is 0 Å². The van der Waals surface area contributed by atoms with Crippen LogP contribution < -0.4 is 0 Å². The Balaban J connectivity index is 2.80. The second-order valence-corrected chi connectivity index (χ2v) is 7.44. The summed E-state index contributed by atoms with van der Waals surface area (Å²) in [5.41, 5.74) is -0.111. The molecule has 0 saturated heterocycles. The minimum absolute atomic E-state index is 0.0108. The molecule has 2 atom stereocenters. The van der Waals surface area contributed by atoms with Gasteiger partial charge in [-0.2, -0.15) is 0 Å². The molecule has 0 amide bonds. The maximum atomic E-state index is 10.7. The molecule has 0 heterocycles. The first-order chi connectivity index (χ1) is 6.56. The third kappa shape index (κ3) is 2.75. The molecular formula is C14H28O. The Morgan fingerprint density at radius 2 is 1.60 bits per heavy atom. The molecule has 1 rings (SSSR count). The zero-order valence-electron chi connectivity index (χ0n) is 11.4. The Kier molecular flexibility index (Phi) is 3.27. The maximum absolute atomic E-state index is 10.7. The van der Waals surface area contributed by atoms with Gasteiger partial charge in [-0.05, 0) is 36.0 Å². The van der Waals surface area contributed by atoms with E-state index in [9.17, 15) is 5.11 Å². The number of hydrogen-bond acceptors (Lipinski definition) is 1. The van der Waals surface area contributed by atoms with Gasteiger partial charge < -0.3 is 5.11 Å². The molecule has 0 aromatic heterocycles. The smallest absolute Gasteiger partial charge is 0.0698 e. The summed E-state index contributed by atoms with van der Waals surface area (Å²) in [6, 6.07) is 0. The van der Waals surface area contributed by atoms with Gasteiger partial charge in [0, 0.05) is 0 Å². The van der Waals surface area contributed by atoms with Crippen LogP contribution >= 0.6 is 0 Å². The first-order valence-electron chi connectivity index (χ1n) is 6.29. The van der Waals surface area contributed by atoms with Crippen LogP contribution in [-0.4, -0.2) is 10.7 Å². The second-order valence-electron chi connectivity index (χ2n) is 7.44. The van der Waals surface area contributed by atoms with Crippen LogP contribution in [-0.2, 0) is 0 Å². The van der Waals surface area contributed by atoms with Crippen molar-refractivity contribution in [3.05, 3.63) is 0 Å². The molecule has 0 bridgehead atoms. The Bertz CT molecular complexity index is 218. The Labute approximate surface area is 95.3 Å². The normalized spacial score (nSPS) is 34.2. The molecule has 0 radical (unpaired) electrons. The third-order valence-electron chi connectivity index (χ3n) is 4.35. The van der Waals surface area contributed by atoms with E-state index in [-0.39, 0.29) is 5.41 Å². The summed E-state index contributed by atoms with van der Waals surface area (Å²) >= 11 is 0. The van der Waals surface area contributed by atoms with Crippen LogP contribution in [0.5, 0.6) is 0 Å². The molecule has 1 saturated carbocycles. The van der Waals surface area contributed by atoms with E-state index in [2.05, 4.69) is 41.5 Å². The van der Waals surface area contributed by atoms with Crippen molar-refractivity contribution in [1.82, 2.24) is 0 Å². The van der Waals surface area contributed by atoms with Gasteiger partial charge in [0.15, 0.2) is 0 Å². The molecule has 90 valence electrons. The van der Waals surface area contributed by atoms with Crippen LogP contribution in [0.4, 0.5) is 0 Å². The van der Waals surface area contributed by atoms with Crippen LogP contribution in [0, 0.1) is 16.7 Å². The van der Waals surface area contributed by atoms with Gasteiger partial charge in [-0.15, -0.1) is 0 Å². The topological polar surface area (TPSA) is 20.2 Å². The lowest BCUT2D eigenvalue weighted by Gasteiger charge is -2.49. The van der Waals surface area contributed by atoms with Gasteiger partial charge in [-0.25, -0.2) is 0 Å². The molecule has 1 aliphatic carbocycles. The number of rotatable bonds is 0. The highest BCUT2D eigenvalue weighted by Crippen LogP contribution is 2.48. The van der Waals surface area contributed by atoms with Gasteiger partial charge in [0.25, 0.3) is 0 Å². The average Bonchev–Trinajstić information content (AvgIpc) is 2.00. The Morgan fingerprint density at radius 3 is 2.00 bits per heavy atom. The summed E-state index contributed by atoms with van der Waals surface area (Å²) in [7, 11) is 0. The van der Waals surface area contributed by atoms with E-state index < -0.39 is 5.60 Å². The van der Waals surface area contributed by atoms with E-state index in [1.165, 1.54) is 12.8 Å². The summed E-state index contributed by atoms with van der Waals surface area (Å²) in [6.45, 7) is 13.4. The molecule has 1 nitrogen and oxygen atoms in total. The largest absolute Gasteiger partial charge is 0.389 e. The van der Waals surface area contributed by atoms with Gasteiger partial charge >= 0.3 is 0 Å². The lowest BCUT2D eigenvalue weighted by Crippen LogP contribution is -2.48. The average molecular weight is 212 g/mol. The van der Waals surface area contributed by atoms with Crippen LogP contribution in [0.3, 0.4) is 0 Å². The first-order valence-corrected chi connectivity index (χ1v) is 6.29. The van der Waals surface area contributed by atoms with E-state index >= 15 is 0 Å². The Hall–Kier alpha value is -0.0400. The molecular weight excluding hydrogens is 184 g/mol. The summed E-state index contributed by atoms with van der Waals surface area (Å²) < 4.78 is 0. The van der Waals surface area contributed by atoms with Crippen molar-refractivity contribution in [3.8, 4) is 0 Å². The molecule has 1 N–H and O–H groups in total. The van der Waals surface area contributed by atoms with Crippen molar-refractivity contribution in [2.45, 2.75) is 72.8 Å². The van der Waals surface area contributed by atoms with Gasteiger partial charge in [0.2, 0.25) is 0 Å². The molecule has 0 spiro atoms. The third-order valence-corrected chi connectivity index (χ3v) is 4.35. The molecule has 1 fully saturated rings. The van der Waals surface area contributed by atoms with Crippen molar-refractivity contribution in [2.24, 2.45) is 16.7 Å². The number of hydrogen-bond donors (Lipinski definition) is 1. The van der Waals surface area contributed by atoms with Gasteiger partial charge in [-0.3, -0.25) is 0 Å². The lowest BCUT2D eigenvalue weighted by atomic mass is 9.60. The van der Waals surface area contributed by atoms with E-state index in [0.717, 1.165) is 12.8 Å². The zero-order chi connectivity index (χ0) is 11.9. The summed E-state index contributed by atoms with van der Waals surface area (Å²) in [4.78, 5) is 0. The molecule has 1 aliphatic rings. The van der Waals surface area contributed by atoms with Gasteiger partial charge in [0.1, 0.15) is 0 Å². The van der Waals surface area contributed by atoms with Crippen LogP contribution in [0.25, 0.3) is 0 Å². The fraction of sp³-hybridized carbons (Fsp3) is 1.00. The predicted molar refractivity (Wildman–Crippen MR) is 65.8 cm³/mol. The standard InChI is InChI=1S/C14H28O/c1-12(2,3)11-8-7-9-14(15,10-11)13(4,5)6/h11,15H,7-10H2,1-6H3. The van der Waals surface area contributed by atoms with E-state index in [4.69, 9.17) is 0 Å². The quantitative estimate of drug-likeness (QED) is 0.643. The fourth-order valence-corrected chi connectivity index (χ4v) is 2.67.